The number of halogens is 1. The van der Waals surface area contributed by atoms with Crippen molar-refractivity contribution in [3.63, 3.8) is 0 Å². The van der Waals surface area contributed by atoms with Crippen molar-refractivity contribution in [3.8, 4) is 5.75 Å². The molecule has 0 radical (unpaired) electrons. The Morgan fingerprint density at radius 2 is 2.28 bits per heavy atom. The van der Waals surface area contributed by atoms with E-state index in [-0.39, 0.29) is 12.5 Å². The second kappa shape index (κ2) is 5.55. The lowest BCUT2D eigenvalue weighted by atomic mass is 10.3. The van der Waals surface area contributed by atoms with Crippen LogP contribution >= 0.6 is 11.6 Å². The number of benzene rings is 1. The predicted molar refractivity (Wildman–Crippen MR) is 68.8 cm³/mol. The van der Waals surface area contributed by atoms with Gasteiger partial charge in [-0.15, -0.1) is 0 Å². The zero-order chi connectivity index (χ0) is 13.0. The van der Waals surface area contributed by atoms with Crippen LogP contribution in [-0.2, 0) is 11.8 Å². The Labute approximate surface area is 109 Å². The first-order chi connectivity index (χ1) is 8.66. The summed E-state index contributed by atoms with van der Waals surface area (Å²) in [5.74, 6) is 0.668. The normalized spacial score (nSPS) is 10.1. The monoisotopic (exact) mass is 265 g/mol. The van der Waals surface area contributed by atoms with Gasteiger partial charge in [-0.25, -0.2) is 4.98 Å². The smallest absolute Gasteiger partial charge is 0.264 e. The average Bonchev–Trinajstić information content (AvgIpc) is 2.74. The van der Waals surface area contributed by atoms with Gasteiger partial charge in [0, 0.05) is 19.4 Å². The molecular weight excluding hydrogens is 254 g/mol. The number of nitrogens with one attached hydrogen (secondary N) is 1. The molecule has 18 heavy (non-hydrogen) atoms. The van der Waals surface area contributed by atoms with E-state index in [0.717, 1.165) is 0 Å². The topological polar surface area (TPSA) is 56.2 Å². The summed E-state index contributed by atoms with van der Waals surface area (Å²) in [7, 11) is 1.79. The molecule has 5 nitrogen and oxygen atoms in total. The highest BCUT2D eigenvalue weighted by Crippen LogP contribution is 2.22. The number of imidazole rings is 1. The third-order valence-electron chi connectivity index (χ3n) is 2.27. The van der Waals surface area contributed by atoms with Gasteiger partial charge in [0.05, 0.1) is 5.02 Å². The first-order valence-electron chi connectivity index (χ1n) is 5.31. The fourth-order valence-electron chi connectivity index (χ4n) is 1.35. The van der Waals surface area contributed by atoms with Crippen molar-refractivity contribution in [3.05, 3.63) is 41.7 Å². The Balaban J connectivity index is 1.90. The third kappa shape index (κ3) is 3.01. The van der Waals surface area contributed by atoms with Crippen molar-refractivity contribution in [2.24, 2.45) is 7.05 Å². The Bertz CT molecular complexity index is 554. The highest BCUT2D eigenvalue weighted by Gasteiger charge is 2.07. The Morgan fingerprint density at radius 3 is 2.94 bits per heavy atom. The van der Waals surface area contributed by atoms with Gasteiger partial charge in [0.15, 0.2) is 6.61 Å². The second-order valence-electron chi connectivity index (χ2n) is 3.63. The molecule has 0 atom stereocenters. The van der Waals surface area contributed by atoms with Gasteiger partial charge in [-0.3, -0.25) is 10.1 Å². The van der Waals surface area contributed by atoms with Crippen LogP contribution in [0.4, 0.5) is 5.95 Å². The first-order valence-corrected chi connectivity index (χ1v) is 5.69. The molecule has 0 aliphatic heterocycles. The van der Waals surface area contributed by atoms with Crippen LogP contribution in [-0.4, -0.2) is 22.1 Å². The van der Waals surface area contributed by atoms with Gasteiger partial charge in [0.2, 0.25) is 5.95 Å². The van der Waals surface area contributed by atoms with Crippen molar-refractivity contribution >= 4 is 23.5 Å². The van der Waals surface area contributed by atoms with Crippen molar-refractivity contribution in [1.29, 1.82) is 0 Å². The molecule has 1 N–H and O–H groups in total. The lowest BCUT2D eigenvalue weighted by Crippen LogP contribution is -2.22. The summed E-state index contributed by atoms with van der Waals surface area (Å²) < 4.78 is 7.01. The predicted octanol–water partition coefficient (Wildman–Crippen LogP) is 2.09. The maximum Gasteiger partial charge on any atom is 0.264 e. The third-order valence-corrected chi connectivity index (χ3v) is 2.58. The number of para-hydroxylation sites is 1. The Morgan fingerprint density at radius 1 is 1.50 bits per heavy atom. The summed E-state index contributed by atoms with van der Waals surface area (Å²) in [6.45, 7) is -0.114. The summed E-state index contributed by atoms with van der Waals surface area (Å²) in [4.78, 5) is 15.6. The first kappa shape index (κ1) is 12.4. The van der Waals surface area contributed by atoms with Gasteiger partial charge in [-0.1, -0.05) is 23.7 Å². The maximum atomic E-state index is 11.6. The average molecular weight is 266 g/mol. The van der Waals surface area contributed by atoms with Crippen LogP contribution in [0, 0.1) is 0 Å². The van der Waals surface area contributed by atoms with E-state index in [0.29, 0.717) is 16.7 Å². The minimum Gasteiger partial charge on any atom is -0.482 e. The molecule has 94 valence electrons. The van der Waals surface area contributed by atoms with Gasteiger partial charge in [-0.2, -0.15) is 0 Å². The molecule has 2 rings (SSSR count). The van der Waals surface area contributed by atoms with Crippen molar-refractivity contribution < 1.29 is 9.53 Å². The van der Waals surface area contributed by atoms with Crippen LogP contribution in [0.3, 0.4) is 0 Å². The Hall–Kier alpha value is -2.01. The van der Waals surface area contributed by atoms with Crippen LogP contribution < -0.4 is 10.1 Å². The summed E-state index contributed by atoms with van der Waals surface area (Å²) in [6.07, 6.45) is 3.34. The number of aromatic nitrogens is 2. The largest absolute Gasteiger partial charge is 0.482 e. The van der Waals surface area contributed by atoms with Gasteiger partial charge in [0.1, 0.15) is 5.75 Å². The van der Waals surface area contributed by atoms with Gasteiger partial charge in [0.25, 0.3) is 5.91 Å². The molecule has 0 saturated carbocycles. The zero-order valence-electron chi connectivity index (χ0n) is 9.76. The summed E-state index contributed by atoms with van der Waals surface area (Å²) in [6, 6.07) is 6.99. The fraction of sp³-hybridized carbons (Fsp3) is 0.167. The van der Waals surface area contributed by atoms with E-state index in [2.05, 4.69) is 10.3 Å². The van der Waals surface area contributed by atoms with E-state index in [4.69, 9.17) is 16.3 Å². The van der Waals surface area contributed by atoms with Crippen LogP contribution in [0.15, 0.2) is 36.7 Å². The van der Waals surface area contributed by atoms with E-state index in [1.807, 2.05) is 0 Å². The standard InChI is InChI=1S/C12H12ClN3O2/c1-16-7-6-14-12(16)15-11(17)8-18-10-5-3-2-4-9(10)13/h2-7H,8H2,1H3,(H,14,15,17). The number of nitrogens with zero attached hydrogens (tertiary/aromatic N) is 2. The molecule has 0 spiro atoms. The number of hydrogen-bond acceptors (Lipinski definition) is 3. The molecule has 0 unspecified atom stereocenters. The molecule has 0 saturated heterocycles. The molecular formula is C12H12ClN3O2. The van der Waals surface area contributed by atoms with E-state index in [1.165, 1.54) is 0 Å². The summed E-state index contributed by atoms with van der Waals surface area (Å²) >= 11 is 5.90. The number of aryl methyl sites for hydroxylation is 1. The second-order valence-corrected chi connectivity index (χ2v) is 4.04. The molecule has 0 aliphatic carbocycles. The molecule has 0 aliphatic rings. The minimum atomic E-state index is -0.288. The Kier molecular flexibility index (Phi) is 3.84. The molecule has 1 heterocycles. The van der Waals surface area contributed by atoms with Crippen LogP contribution in [0.25, 0.3) is 0 Å². The summed E-state index contributed by atoms with van der Waals surface area (Å²) in [5.41, 5.74) is 0. The quantitative estimate of drug-likeness (QED) is 0.921. The number of rotatable bonds is 4. The lowest BCUT2D eigenvalue weighted by molar-refractivity contribution is -0.118. The van der Waals surface area contributed by atoms with E-state index in [9.17, 15) is 4.79 Å². The molecule has 2 aromatic rings. The number of amides is 1. The van der Waals surface area contributed by atoms with Gasteiger partial charge < -0.3 is 9.30 Å². The molecule has 1 aromatic heterocycles. The van der Waals surface area contributed by atoms with E-state index >= 15 is 0 Å². The fourth-order valence-corrected chi connectivity index (χ4v) is 1.54. The SMILES string of the molecule is Cn1ccnc1NC(=O)COc1ccccc1Cl. The van der Waals surface area contributed by atoms with Crippen LogP contribution in [0.2, 0.25) is 5.02 Å². The van der Waals surface area contributed by atoms with Crippen molar-refractivity contribution in [2.45, 2.75) is 0 Å². The van der Waals surface area contributed by atoms with Gasteiger partial charge >= 0.3 is 0 Å². The molecule has 0 bridgehead atoms. The molecule has 6 heteroatoms. The maximum absolute atomic E-state index is 11.6. The van der Waals surface area contributed by atoms with Crippen LogP contribution in [0.5, 0.6) is 5.75 Å². The minimum absolute atomic E-state index is 0.114. The molecule has 1 aromatic carbocycles. The highest BCUT2D eigenvalue weighted by molar-refractivity contribution is 6.32. The number of carbonyl (C=O) groups excluding carboxylic acids is 1. The van der Waals surface area contributed by atoms with Gasteiger partial charge in [-0.05, 0) is 12.1 Å². The van der Waals surface area contributed by atoms with Crippen molar-refractivity contribution in [2.75, 3.05) is 11.9 Å². The van der Waals surface area contributed by atoms with E-state index < -0.39 is 0 Å². The lowest BCUT2D eigenvalue weighted by Gasteiger charge is -2.08. The molecule has 0 fully saturated rings. The highest BCUT2D eigenvalue weighted by atomic mass is 35.5. The number of hydrogen-bond donors (Lipinski definition) is 1. The van der Waals surface area contributed by atoms with E-state index in [1.54, 1.807) is 48.3 Å². The number of anilines is 1. The van der Waals surface area contributed by atoms with Crippen LogP contribution in [0.1, 0.15) is 0 Å². The molecule has 1 amide bonds. The number of ether oxygens (including phenoxy) is 1. The summed E-state index contributed by atoms with van der Waals surface area (Å²) in [5, 5.41) is 3.10. The number of carbonyl (C=O) groups is 1. The van der Waals surface area contributed by atoms with Crippen molar-refractivity contribution in [1.82, 2.24) is 9.55 Å². The zero-order valence-corrected chi connectivity index (χ0v) is 10.5.